The van der Waals surface area contributed by atoms with Crippen LogP contribution in [0.4, 0.5) is 0 Å². The molecule has 1 aliphatic carbocycles. The average Bonchev–Trinajstić information content (AvgIpc) is 2.59. The summed E-state index contributed by atoms with van der Waals surface area (Å²) in [6.45, 7) is 3.55. The van der Waals surface area contributed by atoms with E-state index in [0.717, 1.165) is 6.29 Å². The SMILES string of the molecule is C/C(C=O)=C/CCC1(C)C=CC2=C(O1)C(=O)c1cc(O)ccc1C2=O. The van der Waals surface area contributed by atoms with Gasteiger partial charge in [-0.25, -0.2) is 0 Å². The molecule has 0 saturated carbocycles. The molecule has 1 heterocycles. The maximum absolute atomic E-state index is 12.7. The molecular weight excluding hydrogens is 320 g/mol. The number of ketones is 2. The number of rotatable bonds is 4. The Balaban J connectivity index is 1.89. The number of phenols is 1. The van der Waals surface area contributed by atoms with E-state index in [4.69, 9.17) is 4.74 Å². The molecule has 5 heteroatoms. The number of allylic oxidation sites excluding steroid dienone is 5. The smallest absolute Gasteiger partial charge is 0.229 e. The molecule has 1 N–H and O–H groups in total. The maximum atomic E-state index is 12.7. The molecule has 2 aliphatic rings. The van der Waals surface area contributed by atoms with Crippen LogP contribution in [0.15, 0.2) is 53.3 Å². The maximum Gasteiger partial charge on any atom is 0.229 e. The first kappa shape index (κ1) is 16.9. The van der Waals surface area contributed by atoms with Crippen molar-refractivity contribution in [2.45, 2.75) is 32.3 Å². The van der Waals surface area contributed by atoms with Crippen molar-refractivity contribution in [1.82, 2.24) is 0 Å². The number of phenolic OH excluding ortho intramolecular Hbond substituents is 1. The lowest BCUT2D eigenvalue weighted by Crippen LogP contribution is -2.34. The van der Waals surface area contributed by atoms with Crippen molar-refractivity contribution in [1.29, 1.82) is 0 Å². The summed E-state index contributed by atoms with van der Waals surface area (Å²) in [5.41, 5.74) is 0.542. The van der Waals surface area contributed by atoms with Gasteiger partial charge in [-0.1, -0.05) is 6.08 Å². The molecule has 1 unspecified atom stereocenters. The molecule has 0 saturated heterocycles. The second-order valence-corrected chi connectivity index (χ2v) is 6.48. The van der Waals surface area contributed by atoms with Crippen molar-refractivity contribution in [2.24, 2.45) is 0 Å². The number of carbonyl (C=O) groups is 3. The van der Waals surface area contributed by atoms with E-state index >= 15 is 0 Å². The van der Waals surface area contributed by atoms with Crippen molar-refractivity contribution in [2.75, 3.05) is 0 Å². The van der Waals surface area contributed by atoms with Gasteiger partial charge in [0.1, 0.15) is 17.6 Å². The van der Waals surface area contributed by atoms with Crippen LogP contribution >= 0.6 is 0 Å². The molecule has 3 rings (SSSR count). The van der Waals surface area contributed by atoms with E-state index in [1.54, 1.807) is 25.2 Å². The predicted molar refractivity (Wildman–Crippen MR) is 91.5 cm³/mol. The van der Waals surface area contributed by atoms with Crippen LogP contribution in [0.5, 0.6) is 5.75 Å². The van der Waals surface area contributed by atoms with E-state index < -0.39 is 11.4 Å². The van der Waals surface area contributed by atoms with E-state index in [-0.39, 0.29) is 34.0 Å². The molecule has 1 atom stereocenters. The molecule has 0 amide bonds. The lowest BCUT2D eigenvalue weighted by Gasteiger charge is -2.34. The number of aromatic hydroxyl groups is 1. The van der Waals surface area contributed by atoms with Gasteiger partial charge in [-0.15, -0.1) is 0 Å². The van der Waals surface area contributed by atoms with E-state index in [9.17, 15) is 19.5 Å². The number of benzene rings is 1. The van der Waals surface area contributed by atoms with E-state index in [2.05, 4.69) is 0 Å². The van der Waals surface area contributed by atoms with Gasteiger partial charge in [0.15, 0.2) is 11.5 Å². The first-order valence-corrected chi connectivity index (χ1v) is 8.01. The Morgan fingerprint density at radius 2 is 2.00 bits per heavy atom. The Morgan fingerprint density at radius 3 is 2.72 bits per heavy atom. The summed E-state index contributed by atoms with van der Waals surface area (Å²) in [6.07, 6.45) is 7.15. The third kappa shape index (κ3) is 3.05. The summed E-state index contributed by atoms with van der Waals surface area (Å²) >= 11 is 0. The zero-order chi connectivity index (χ0) is 18.2. The van der Waals surface area contributed by atoms with E-state index in [1.165, 1.54) is 18.2 Å². The van der Waals surface area contributed by atoms with Crippen LogP contribution in [0.2, 0.25) is 0 Å². The van der Waals surface area contributed by atoms with Crippen LogP contribution in [-0.2, 0) is 9.53 Å². The van der Waals surface area contributed by atoms with Gasteiger partial charge in [0.05, 0.1) is 5.57 Å². The molecule has 5 nitrogen and oxygen atoms in total. The highest BCUT2D eigenvalue weighted by Crippen LogP contribution is 2.37. The number of aldehydes is 1. The van der Waals surface area contributed by atoms with E-state index in [0.29, 0.717) is 18.4 Å². The van der Waals surface area contributed by atoms with Crippen molar-refractivity contribution in [3.8, 4) is 5.75 Å². The van der Waals surface area contributed by atoms with Gasteiger partial charge in [-0.2, -0.15) is 0 Å². The lowest BCUT2D eigenvalue weighted by molar-refractivity contribution is -0.104. The molecule has 0 fully saturated rings. The largest absolute Gasteiger partial charge is 0.508 e. The highest BCUT2D eigenvalue weighted by molar-refractivity contribution is 6.27. The summed E-state index contributed by atoms with van der Waals surface area (Å²) < 4.78 is 5.90. The van der Waals surface area contributed by atoms with Gasteiger partial charge in [-0.3, -0.25) is 14.4 Å². The van der Waals surface area contributed by atoms with Crippen LogP contribution < -0.4 is 0 Å². The third-order valence-electron chi connectivity index (χ3n) is 4.42. The molecule has 128 valence electrons. The minimum atomic E-state index is -0.747. The number of hydrogen-bond donors (Lipinski definition) is 1. The van der Waals surface area contributed by atoms with Gasteiger partial charge in [-0.05, 0) is 62.6 Å². The summed E-state index contributed by atoms with van der Waals surface area (Å²) in [6, 6.07) is 4.12. The van der Waals surface area contributed by atoms with Gasteiger partial charge >= 0.3 is 0 Å². The van der Waals surface area contributed by atoms with Crippen LogP contribution in [0, 0.1) is 0 Å². The number of carbonyl (C=O) groups excluding carboxylic acids is 3. The zero-order valence-corrected chi connectivity index (χ0v) is 14.0. The molecule has 1 aromatic rings. The van der Waals surface area contributed by atoms with Gasteiger partial charge in [0.2, 0.25) is 5.78 Å². The summed E-state index contributed by atoms with van der Waals surface area (Å²) in [5.74, 6) is -0.757. The van der Waals surface area contributed by atoms with Crippen molar-refractivity contribution >= 4 is 17.9 Å². The second kappa shape index (κ2) is 6.16. The van der Waals surface area contributed by atoms with Crippen molar-refractivity contribution < 1.29 is 24.2 Å². The summed E-state index contributed by atoms with van der Waals surface area (Å²) in [7, 11) is 0. The monoisotopic (exact) mass is 338 g/mol. The molecule has 0 radical (unpaired) electrons. The Bertz CT molecular complexity index is 872. The minimum Gasteiger partial charge on any atom is -0.508 e. The molecule has 1 aliphatic heterocycles. The fourth-order valence-electron chi connectivity index (χ4n) is 2.96. The normalized spacial score (nSPS) is 22.4. The van der Waals surface area contributed by atoms with Crippen LogP contribution in [0.1, 0.15) is 47.4 Å². The topological polar surface area (TPSA) is 80.7 Å². The highest BCUT2D eigenvalue weighted by atomic mass is 16.5. The Labute approximate surface area is 145 Å². The molecule has 25 heavy (non-hydrogen) atoms. The van der Waals surface area contributed by atoms with Crippen LogP contribution in [0.25, 0.3) is 0 Å². The lowest BCUT2D eigenvalue weighted by atomic mass is 9.84. The third-order valence-corrected chi connectivity index (χ3v) is 4.42. The standard InChI is InChI=1S/C20H18O5/c1-12(11-21)4-3-8-20(2)9-7-15-17(23)14-6-5-13(22)10-16(14)18(24)19(15)25-20/h4-7,9-11,22H,3,8H2,1-2H3/b12-4-. The predicted octanol–water partition coefficient (Wildman–Crippen LogP) is 3.30. The molecule has 0 aromatic heterocycles. The fourth-order valence-corrected chi connectivity index (χ4v) is 2.96. The second-order valence-electron chi connectivity index (χ2n) is 6.48. The van der Waals surface area contributed by atoms with Gasteiger partial charge < -0.3 is 9.84 Å². The minimum absolute atomic E-state index is 0.0178. The number of fused-ring (bicyclic) bond motifs is 1. The molecule has 1 aromatic carbocycles. The number of Topliss-reactive ketones (excluding diaryl/α,β-unsaturated/α-hetero) is 2. The number of hydrogen-bond acceptors (Lipinski definition) is 5. The fraction of sp³-hybridized carbons (Fsp3) is 0.250. The average molecular weight is 338 g/mol. The quantitative estimate of drug-likeness (QED) is 0.673. The van der Waals surface area contributed by atoms with Crippen LogP contribution in [-0.4, -0.2) is 28.6 Å². The van der Waals surface area contributed by atoms with E-state index in [1.807, 2.05) is 6.92 Å². The van der Waals surface area contributed by atoms with Crippen molar-refractivity contribution in [3.63, 3.8) is 0 Å². The molecular formula is C20H18O5. The van der Waals surface area contributed by atoms with Gasteiger partial charge in [0, 0.05) is 11.1 Å². The Kier molecular flexibility index (Phi) is 4.17. The summed E-state index contributed by atoms with van der Waals surface area (Å²) in [4.78, 5) is 36.0. The zero-order valence-electron chi connectivity index (χ0n) is 14.0. The van der Waals surface area contributed by atoms with Crippen LogP contribution in [0.3, 0.4) is 0 Å². The number of ether oxygens (including phenoxy) is 1. The first-order valence-electron chi connectivity index (χ1n) is 8.01. The summed E-state index contributed by atoms with van der Waals surface area (Å²) in [5, 5.41) is 9.61. The first-order chi connectivity index (χ1) is 11.8. The highest BCUT2D eigenvalue weighted by Gasteiger charge is 2.39. The molecule has 0 spiro atoms. The van der Waals surface area contributed by atoms with Crippen molar-refractivity contribution in [3.05, 3.63) is 64.5 Å². The Hall–Kier alpha value is -2.95. The molecule has 0 bridgehead atoms. The van der Waals surface area contributed by atoms with Gasteiger partial charge in [0.25, 0.3) is 0 Å². The Morgan fingerprint density at radius 1 is 1.24 bits per heavy atom.